The van der Waals surface area contributed by atoms with Crippen molar-refractivity contribution >= 4 is 6.09 Å². The minimum Gasteiger partial charge on any atom is -0.444 e. The monoisotopic (exact) mass is 255 g/mol. The Morgan fingerprint density at radius 2 is 2.17 bits per heavy atom. The van der Waals surface area contributed by atoms with Crippen molar-refractivity contribution in [1.82, 2.24) is 4.90 Å². The second kappa shape index (κ2) is 4.72. The summed E-state index contributed by atoms with van der Waals surface area (Å²) in [7, 11) is 0. The average Bonchev–Trinajstić information content (AvgIpc) is 2.84. The molecule has 0 radical (unpaired) electrons. The molecule has 0 aromatic heterocycles. The van der Waals surface area contributed by atoms with Gasteiger partial charge in [0, 0.05) is 19.7 Å². The summed E-state index contributed by atoms with van der Waals surface area (Å²) >= 11 is 0. The summed E-state index contributed by atoms with van der Waals surface area (Å²) < 4.78 is 5.42. The van der Waals surface area contributed by atoms with Gasteiger partial charge in [0.1, 0.15) is 5.60 Å². The van der Waals surface area contributed by atoms with Gasteiger partial charge < -0.3 is 14.7 Å². The number of hydrogen-bond acceptors (Lipinski definition) is 3. The van der Waals surface area contributed by atoms with Crippen LogP contribution in [0.4, 0.5) is 4.79 Å². The first-order valence-electron chi connectivity index (χ1n) is 6.95. The summed E-state index contributed by atoms with van der Waals surface area (Å²) in [5, 5.41) is 9.47. The van der Waals surface area contributed by atoms with Crippen LogP contribution in [0.3, 0.4) is 0 Å². The van der Waals surface area contributed by atoms with Crippen LogP contribution in [0, 0.1) is 11.3 Å². The van der Waals surface area contributed by atoms with Crippen LogP contribution in [-0.2, 0) is 4.74 Å². The van der Waals surface area contributed by atoms with Crippen LogP contribution < -0.4 is 0 Å². The zero-order chi connectivity index (χ0) is 13.4. The Balaban J connectivity index is 1.98. The minimum absolute atomic E-state index is 0.158. The van der Waals surface area contributed by atoms with E-state index in [0.717, 1.165) is 32.4 Å². The number of ether oxygens (including phenoxy) is 1. The average molecular weight is 255 g/mol. The maximum absolute atomic E-state index is 12.0. The zero-order valence-corrected chi connectivity index (χ0v) is 11.7. The normalized spacial score (nSPS) is 32.2. The summed E-state index contributed by atoms with van der Waals surface area (Å²) in [6, 6.07) is 0. The molecule has 1 spiro atoms. The molecule has 4 heteroatoms. The van der Waals surface area contributed by atoms with E-state index in [-0.39, 0.29) is 18.1 Å². The molecule has 104 valence electrons. The molecule has 1 aliphatic carbocycles. The molecule has 1 saturated carbocycles. The van der Waals surface area contributed by atoms with Crippen molar-refractivity contribution in [3.05, 3.63) is 0 Å². The van der Waals surface area contributed by atoms with Crippen molar-refractivity contribution in [1.29, 1.82) is 0 Å². The van der Waals surface area contributed by atoms with E-state index in [1.807, 2.05) is 25.7 Å². The summed E-state index contributed by atoms with van der Waals surface area (Å²) in [6.07, 6.45) is 4.21. The molecule has 2 fully saturated rings. The Labute approximate surface area is 109 Å². The third kappa shape index (κ3) is 2.63. The highest BCUT2D eigenvalue weighted by atomic mass is 16.6. The lowest BCUT2D eigenvalue weighted by molar-refractivity contribution is 0.0250. The molecule has 1 aliphatic heterocycles. The molecule has 0 aromatic rings. The van der Waals surface area contributed by atoms with Crippen LogP contribution in [0.5, 0.6) is 0 Å². The SMILES string of the molecule is CC(C)(C)OC(=O)N1CC[C@@]2(CCC[C@@H]2CO)C1. The van der Waals surface area contributed by atoms with Gasteiger partial charge in [-0.2, -0.15) is 0 Å². The molecule has 1 N–H and O–H groups in total. The van der Waals surface area contributed by atoms with Gasteiger partial charge in [0.15, 0.2) is 0 Å². The van der Waals surface area contributed by atoms with E-state index < -0.39 is 5.60 Å². The van der Waals surface area contributed by atoms with Crippen molar-refractivity contribution in [2.24, 2.45) is 11.3 Å². The summed E-state index contributed by atoms with van der Waals surface area (Å²) in [6.45, 7) is 7.45. The van der Waals surface area contributed by atoms with E-state index in [2.05, 4.69) is 0 Å². The predicted octanol–water partition coefficient (Wildman–Crippen LogP) is 2.41. The number of carbonyl (C=O) groups is 1. The third-order valence-corrected chi connectivity index (χ3v) is 4.35. The largest absolute Gasteiger partial charge is 0.444 e. The number of aliphatic hydroxyl groups is 1. The van der Waals surface area contributed by atoms with Gasteiger partial charge in [-0.15, -0.1) is 0 Å². The number of carbonyl (C=O) groups excluding carboxylic acids is 1. The van der Waals surface area contributed by atoms with Gasteiger partial charge in [0.05, 0.1) is 0 Å². The fraction of sp³-hybridized carbons (Fsp3) is 0.929. The molecule has 18 heavy (non-hydrogen) atoms. The highest BCUT2D eigenvalue weighted by Gasteiger charge is 2.48. The van der Waals surface area contributed by atoms with Gasteiger partial charge in [-0.1, -0.05) is 6.42 Å². The molecule has 2 rings (SSSR count). The highest BCUT2D eigenvalue weighted by molar-refractivity contribution is 5.68. The van der Waals surface area contributed by atoms with Gasteiger partial charge in [0.2, 0.25) is 0 Å². The first-order chi connectivity index (χ1) is 8.36. The Morgan fingerprint density at radius 3 is 2.78 bits per heavy atom. The highest BCUT2D eigenvalue weighted by Crippen LogP contribution is 2.49. The third-order valence-electron chi connectivity index (χ3n) is 4.35. The number of likely N-dealkylation sites (tertiary alicyclic amines) is 1. The second-order valence-corrected chi connectivity index (χ2v) is 6.79. The Morgan fingerprint density at radius 1 is 1.44 bits per heavy atom. The van der Waals surface area contributed by atoms with Crippen LogP contribution >= 0.6 is 0 Å². The zero-order valence-electron chi connectivity index (χ0n) is 11.7. The molecular formula is C14H25NO3. The molecule has 0 aromatic carbocycles. The quantitative estimate of drug-likeness (QED) is 0.782. The Kier molecular flexibility index (Phi) is 3.58. The van der Waals surface area contributed by atoms with E-state index in [0.29, 0.717) is 5.92 Å². The topological polar surface area (TPSA) is 49.8 Å². The van der Waals surface area contributed by atoms with Gasteiger partial charge >= 0.3 is 6.09 Å². The summed E-state index contributed by atoms with van der Waals surface area (Å²) in [4.78, 5) is 13.9. The molecule has 1 heterocycles. The number of nitrogens with zero attached hydrogens (tertiary/aromatic N) is 1. The van der Waals surface area contributed by atoms with Crippen molar-refractivity contribution in [3.8, 4) is 0 Å². The van der Waals surface area contributed by atoms with Crippen LogP contribution in [0.1, 0.15) is 46.5 Å². The van der Waals surface area contributed by atoms with Crippen molar-refractivity contribution in [3.63, 3.8) is 0 Å². The predicted molar refractivity (Wildman–Crippen MR) is 69.3 cm³/mol. The Hall–Kier alpha value is -0.770. The number of rotatable bonds is 1. The maximum Gasteiger partial charge on any atom is 0.410 e. The van der Waals surface area contributed by atoms with Crippen molar-refractivity contribution < 1.29 is 14.6 Å². The summed E-state index contributed by atoms with van der Waals surface area (Å²) in [5.74, 6) is 0.366. The Bertz CT molecular complexity index is 323. The fourth-order valence-corrected chi connectivity index (χ4v) is 3.41. The van der Waals surface area contributed by atoms with Gasteiger partial charge in [-0.3, -0.25) is 0 Å². The molecule has 1 saturated heterocycles. The molecule has 1 amide bonds. The number of hydrogen-bond donors (Lipinski definition) is 1. The van der Waals surface area contributed by atoms with Gasteiger partial charge in [0.25, 0.3) is 0 Å². The molecule has 0 unspecified atom stereocenters. The minimum atomic E-state index is -0.432. The van der Waals surface area contributed by atoms with Crippen molar-refractivity contribution in [2.75, 3.05) is 19.7 Å². The van der Waals surface area contributed by atoms with Crippen LogP contribution in [0.25, 0.3) is 0 Å². The lowest BCUT2D eigenvalue weighted by Gasteiger charge is -2.30. The molecule has 0 bridgehead atoms. The lowest BCUT2D eigenvalue weighted by Crippen LogP contribution is -2.38. The maximum atomic E-state index is 12.0. The van der Waals surface area contributed by atoms with Gasteiger partial charge in [-0.05, 0) is 51.4 Å². The van der Waals surface area contributed by atoms with Crippen molar-refractivity contribution in [2.45, 2.75) is 52.1 Å². The fourth-order valence-electron chi connectivity index (χ4n) is 3.41. The van der Waals surface area contributed by atoms with Crippen LogP contribution in [0.2, 0.25) is 0 Å². The van der Waals surface area contributed by atoms with E-state index >= 15 is 0 Å². The van der Waals surface area contributed by atoms with E-state index in [1.165, 1.54) is 6.42 Å². The van der Waals surface area contributed by atoms with E-state index in [4.69, 9.17) is 4.74 Å². The number of amides is 1. The molecule has 4 nitrogen and oxygen atoms in total. The second-order valence-electron chi connectivity index (χ2n) is 6.79. The standard InChI is InChI=1S/C14H25NO3/c1-13(2,3)18-12(17)15-8-7-14(10-15)6-4-5-11(14)9-16/h11,16H,4-10H2,1-3H3/t11-,14+/m1/s1. The van der Waals surface area contributed by atoms with E-state index in [9.17, 15) is 9.90 Å². The summed E-state index contributed by atoms with van der Waals surface area (Å²) in [5.41, 5.74) is -0.273. The lowest BCUT2D eigenvalue weighted by atomic mass is 9.77. The molecule has 2 aliphatic rings. The first kappa shape index (κ1) is 13.7. The smallest absolute Gasteiger partial charge is 0.410 e. The van der Waals surface area contributed by atoms with Crippen LogP contribution in [-0.4, -0.2) is 41.4 Å². The number of aliphatic hydroxyl groups excluding tert-OH is 1. The first-order valence-corrected chi connectivity index (χ1v) is 6.95. The molecule has 2 atom stereocenters. The van der Waals surface area contributed by atoms with Crippen LogP contribution in [0.15, 0.2) is 0 Å². The van der Waals surface area contributed by atoms with Gasteiger partial charge in [-0.25, -0.2) is 4.79 Å². The molecular weight excluding hydrogens is 230 g/mol. The van der Waals surface area contributed by atoms with E-state index in [1.54, 1.807) is 0 Å².